The first-order valence-electron chi connectivity index (χ1n) is 11.0. The Morgan fingerprint density at radius 1 is 0.882 bits per heavy atom. The number of rotatable bonds is 9. The zero-order valence-corrected chi connectivity index (χ0v) is 19.0. The van der Waals surface area contributed by atoms with Gasteiger partial charge in [-0.2, -0.15) is 0 Å². The molecule has 0 atom stereocenters. The quantitative estimate of drug-likeness (QED) is 0.352. The molecule has 0 bridgehead atoms. The Hall–Kier alpha value is -4.26. The molecule has 0 aliphatic carbocycles. The zero-order chi connectivity index (χ0) is 23.9. The third-order valence-corrected chi connectivity index (χ3v) is 5.09. The first-order chi connectivity index (χ1) is 16.6. The van der Waals surface area contributed by atoms with Gasteiger partial charge in [-0.15, -0.1) is 0 Å². The number of nitrogens with one attached hydrogen (secondary N) is 1. The first-order valence-corrected chi connectivity index (χ1v) is 11.0. The summed E-state index contributed by atoms with van der Waals surface area (Å²) in [6.07, 6.45) is 2.20. The van der Waals surface area contributed by atoms with Crippen LogP contribution in [0.15, 0.2) is 82.2 Å². The minimum Gasteiger partial charge on any atom is -0.494 e. The lowest BCUT2D eigenvalue weighted by Gasteiger charge is -2.09. The fourth-order valence-corrected chi connectivity index (χ4v) is 3.32. The maximum atomic E-state index is 12.8. The second kappa shape index (κ2) is 10.6. The molecule has 7 heteroatoms. The SMILES string of the molecule is CCOc1ccc(NC(=O)COc2ccc3c(=O)c(Oc4ccc(CC)cc4)coc3c2)cc1. The summed E-state index contributed by atoms with van der Waals surface area (Å²) in [7, 11) is 0. The van der Waals surface area contributed by atoms with Crippen molar-refractivity contribution < 1.29 is 23.4 Å². The van der Waals surface area contributed by atoms with Crippen LogP contribution < -0.4 is 25.0 Å². The van der Waals surface area contributed by atoms with E-state index in [1.165, 1.54) is 11.8 Å². The highest BCUT2D eigenvalue weighted by atomic mass is 16.5. The number of ether oxygens (including phenoxy) is 3. The lowest BCUT2D eigenvalue weighted by molar-refractivity contribution is -0.118. The van der Waals surface area contributed by atoms with E-state index >= 15 is 0 Å². The van der Waals surface area contributed by atoms with Crippen molar-refractivity contribution in [3.63, 3.8) is 0 Å². The van der Waals surface area contributed by atoms with Crippen LogP contribution in [0.4, 0.5) is 5.69 Å². The second-order valence-corrected chi connectivity index (χ2v) is 7.48. The lowest BCUT2D eigenvalue weighted by atomic mass is 10.2. The molecule has 4 aromatic rings. The normalized spacial score (nSPS) is 10.6. The maximum absolute atomic E-state index is 12.8. The molecule has 0 aliphatic rings. The average molecular weight is 459 g/mol. The highest BCUT2D eigenvalue weighted by molar-refractivity contribution is 5.92. The molecule has 3 aromatic carbocycles. The number of hydrogen-bond acceptors (Lipinski definition) is 6. The predicted molar refractivity (Wildman–Crippen MR) is 130 cm³/mol. The van der Waals surface area contributed by atoms with E-state index in [1.54, 1.807) is 42.5 Å². The summed E-state index contributed by atoms with van der Waals surface area (Å²) in [6, 6.07) is 19.4. The minimum absolute atomic E-state index is 0.0974. The van der Waals surface area contributed by atoms with Crippen LogP contribution >= 0.6 is 0 Å². The van der Waals surface area contributed by atoms with Gasteiger partial charge in [-0.3, -0.25) is 9.59 Å². The van der Waals surface area contributed by atoms with Gasteiger partial charge in [0.05, 0.1) is 12.0 Å². The van der Waals surface area contributed by atoms with Crippen LogP contribution in [-0.2, 0) is 11.2 Å². The highest BCUT2D eigenvalue weighted by Crippen LogP contribution is 2.24. The zero-order valence-electron chi connectivity index (χ0n) is 19.0. The van der Waals surface area contributed by atoms with Gasteiger partial charge in [0.25, 0.3) is 5.91 Å². The van der Waals surface area contributed by atoms with Gasteiger partial charge in [0.2, 0.25) is 11.2 Å². The fourth-order valence-electron chi connectivity index (χ4n) is 3.32. The molecule has 0 aliphatic heterocycles. The van der Waals surface area contributed by atoms with Gasteiger partial charge in [-0.25, -0.2) is 0 Å². The van der Waals surface area contributed by atoms with Gasteiger partial charge in [-0.05, 0) is 67.4 Å². The van der Waals surface area contributed by atoms with Crippen LogP contribution in [0.25, 0.3) is 11.0 Å². The summed E-state index contributed by atoms with van der Waals surface area (Å²) in [5.74, 6) is 1.48. The Morgan fingerprint density at radius 2 is 1.59 bits per heavy atom. The molecule has 34 heavy (non-hydrogen) atoms. The van der Waals surface area contributed by atoms with Crippen molar-refractivity contribution in [1.29, 1.82) is 0 Å². The van der Waals surface area contributed by atoms with Gasteiger partial charge < -0.3 is 23.9 Å². The summed E-state index contributed by atoms with van der Waals surface area (Å²) in [5.41, 5.74) is 1.86. The molecule has 0 saturated carbocycles. The van der Waals surface area contributed by atoms with Gasteiger partial charge in [0, 0.05) is 11.8 Å². The minimum atomic E-state index is -0.316. The number of anilines is 1. The molecule has 0 saturated heterocycles. The van der Waals surface area contributed by atoms with Crippen LogP contribution in [0, 0.1) is 0 Å². The van der Waals surface area contributed by atoms with Crippen molar-refractivity contribution in [3.05, 3.63) is 88.8 Å². The molecular formula is C27H25NO6. The van der Waals surface area contributed by atoms with E-state index in [9.17, 15) is 9.59 Å². The molecule has 1 N–H and O–H groups in total. The maximum Gasteiger partial charge on any atom is 0.262 e. The van der Waals surface area contributed by atoms with E-state index in [0.29, 0.717) is 34.8 Å². The molecule has 0 radical (unpaired) electrons. The van der Waals surface area contributed by atoms with Gasteiger partial charge in [-0.1, -0.05) is 19.1 Å². The van der Waals surface area contributed by atoms with Gasteiger partial charge >= 0.3 is 0 Å². The largest absolute Gasteiger partial charge is 0.494 e. The van der Waals surface area contributed by atoms with Crippen molar-refractivity contribution in [2.75, 3.05) is 18.5 Å². The number of carbonyl (C=O) groups excluding carboxylic acids is 1. The van der Waals surface area contributed by atoms with Crippen molar-refractivity contribution in [2.24, 2.45) is 0 Å². The van der Waals surface area contributed by atoms with E-state index in [1.807, 2.05) is 31.2 Å². The Balaban J connectivity index is 1.39. The molecule has 1 amide bonds. The van der Waals surface area contributed by atoms with Crippen molar-refractivity contribution in [2.45, 2.75) is 20.3 Å². The Morgan fingerprint density at radius 3 is 2.29 bits per heavy atom. The first kappa shape index (κ1) is 22.9. The van der Waals surface area contributed by atoms with E-state index < -0.39 is 0 Å². The topological polar surface area (TPSA) is 87.0 Å². The number of amides is 1. The Labute approximate surface area is 196 Å². The Kier molecular flexibility index (Phi) is 7.13. The second-order valence-electron chi connectivity index (χ2n) is 7.48. The molecule has 1 heterocycles. The monoisotopic (exact) mass is 459 g/mol. The smallest absolute Gasteiger partial charge is 0.262 e. The van der Waals surface area contributed by atoms with Gasteiger partial charge in [0.15, 0.2) is 6.61 Å². The standard InChI is InChI=1S/C27H25NO6/c1-3-18-5-9-21(10-6-18)34-25-16-33-24-15-22(13-14-23(24)27(25)30)32-17-26(29)28-19-7-11-20(12-8-19)31-4-2/h5-16H,3-4,17H2,1-2H3,(H,28,29). The lowest BCUT2D eigenvalue weighted by Crippen LogP contribution is -2.20. The van der Waals surface area contributed by atoms with Crippen molar-refractivity contribution >= 4 is 22.6 Å². The molecule has 4 rings (SSSR count). The van der Waals surface area contributed by atoms with E-state index in [2.05, 4.69) is 12.2 Å². The molecule has 0 unspecified atom stereocenters. The predicted octanol–water partition coefficient (Wildman–Crippen LogP) is 5.56. The third kappa shape index (κ3) is 5.56. The number of aryl methyl sites for hydroxylation is 1. The number of benzene rings is 3. The molecule has 0 spiro atoms. The number of fused-ring (bicyclic) bond motifs is 1. The van der Waals surface area contributed by atoms with Crippen molar-refractivity contribution in [3.8, 4) is 23.0 Å². The Bertz CT molecular complexity index is 1330. The summed E-state index contributed by atoms with van der Waals surface area (Å²) in [5, 5.41) is 3.11. The van der Waals surface area contributed by atoms with E-state index in [0.717, 1.165) is 12.2 Å². The average Bonchev–Trinajstić information content (AvgIpc) is 2.86. The summed E-state index contributed by atoms with van der Waals surface area (Å²) in [6.45, 7) is 4.36. The van der Waals surface area contributed by atoms with E-state index in [-0.39, 0.29) is 23.7 Å². The van der Waals surface area contributed by atoms with E-state index in [4.69, 9.17) is 18.6 Å². The molecule has 1 aromatic heterocycles. The highest BCUT2D eigenvalue weighted by Gasteiger charge is 2.11. The molecule has 0 fully saturated rings. The van der Waals surface area contributed by atoms with Crippen LogP contribution in [0.2, 0.25) is 0 Å². The van der Waals surface area contributed by atoms with Crippen molar-refractivity contribution in [1.82, 2.24) is 0 Å². The summed E-state index contributed by atoms with van der Waals surface area (Å²) in [4.78, 5) is 25.0. The number of hydrogen-bond donors (Lipinski definition) is 1. The van der Waals surface area contributed by atoms with Gasteiger partial charge in [0.1, 0.15) is 29.1 Å². The number of carbonyl (C=O) groups is 1. The van der Waals surface area contributed by atoms with Crippen LogP contribution in [0.1, 0.15) is 19.4 Å². The third-order valence-electron chi connectivity index (χ3n) is 5.09. The van der Waals surface area contributed by atoms with Crippen LogP contribution in [-0.4, -0.2) is 19.1 Å². The molecule has 7 nitrogen and oxygen atoms in total. The van der Waals surface area contributed by atoms with Crippen LogP contribution in [0.5, 0.6) is 23.0 Å². The van der Waals surface area contributed by atoms with Crippen LogP contribution in [0.3, 0.4) is 0 Å². The summed E-state index contributed by atoms with van der Waals surface area (Å²) < 4.78 is 22.3. The molecule has 174 valence electrons. The summed E-state index contributed by atoms with van der Waals surface area (Å²) >= 11 is 0. The molecular weight excluding hydrogens is 434 g/mol. The fraction of sp³-hybridized carbons (Fsp3) is 0.185.